The number of benzene rings is 2. The van der Waals surface area contributed by atoms with Crippen molar-refractivity contribution in [2.24, 2.45) is 0 Å². The average molecular weight is 375 g/mol. The molecule has 0 spiro atoms. The number of hydrogen-bond acceptors (Lipinski definition) is 3. The summed E-state index contributed by atoms with van der Waals surface area (Å²) in [6.07, 6.45) is 2.49. The minimum Gasteiger partial charge on any atom is -0.298 e. The molecule has 5 nitrogen and oxygen atoms in total. The SMILES string of the molecule is CCC(Cc1ccccc1)c1cc(C=O)cc(N(C)S(=O)(=O)N(C)C)c1. The van der Waals surface area contributed by atoms with E-state index in [9.17, 15) is 13.2 Å². The number of nitrogens with zero attached hydrogens (tertiary/aromatic N) is 2. The van der Waals surface area contributed by atoms with Crippen LogP contribution in [0.2, 0.25) is 0 Å². The highest BCUT2D eigenvalue weighted by molar-refractivity contribution is 7.90. The van der Waals surface area contributed by atoms with Crippen LogP contribution in [0.15, 0.2) is 48.5 Å². The molecule has 26 heavy (non-hydrogen) atoms. The van der Waals surface area contributed by atoms with Gasteiger partial charge in [0.2, 0.25) is 0 Å². The minimum atomic E-state index is -3.61. The van der Waals surface area contributed by atoms with Crippen LogP contribution < -0.4 is 4.31 Å². The zero-order valence-electron chi connectivity index (χ0n) is 15.7. The zero-order valence-corrected chi connectivity index (χ0v) is 16.5. The van der Waals surface area contributed by atoms with Gasteiger partial charge in [0.25, 0.3) is 0 Å². The highest BCUT2D eigenvalue weighted by Gasteiger charge is 2.22. The van der Waals surface area contributed by atoms with Crippen LogP contribution in [0.4, 0.5) is 5.69 Å². The van der Waals surface area contributed by atoms with Crippen molar-refractivity contribution in [3.8, 4) is 0 Å². The van der Waals surface area contributed by atoms with Crippen molar-refractivity contribution in [3.05, 3.63) is 65.2 Å². The van der Waals surface area contributed by atoms with Gasteiger partial charge in [-0.2, -0.15) is 12.7 Å². The Morgan fingerprint density at radius 1 is 1.04 bits per heavy atom. The van der Waals surface area contributed by atoms with Crippen molar-refractivity contribution in [3.63, 3.8) is 0 Å². The molecule has 0 heterocycles. The predicted octanol–water partition coefficient (Wildman–Crippen LogP) is 3.48. The van der Waals surface area contributed by atoms with Gasteiger partial charge >= 0.3 is 10.2 Å². The third-order valence-electron chi connectivity index (χ3n) is 4.56. The van der Waals surface area contributed by atoms with Gasteiger partial charge in [0, 0.05) is 26.7 Å². The molecule has 0 saturated carbocycles. The summed E-state index contributed by atoms with van der Waals surface area (Å²) < 4.78 is 27.2. The molecular weight excluding hydrogens is 348 g/mol. The summed E-state index contributed by atoms with van der Waals surface area (Å²) in [6.45, 7) is 2.10. The van der Waals surface area contributed by atoms with E-state index >= 15 is 0 Å². The molecule has 0 amide bonds. The lowest BCUT2D eigenvalue weighted by Gasteiger charge is -2.25. The zero-order chi connectivity index (χ0) is 19.3. The van der Waals surface area contributed by atoms with Gasteiger partial charge < -0.3 is 0 Å². The molecular formula is C20H26N2O3S. The molecule has 6 heteroatoms. The van der Waals surface area contributed by atoms with Crippen LogP contribution >= 0.6 is 0 Å². The van der Waals surface area contributed by atoms with E-state index in [2.05, 4.69) is 19.1 Å². The number of hydrogen-bond donors (Lipinski definition) is 0. The van der Waals surface area contributed by atoms with E-state index in [4.69, 9.17) is 0 Å². The van der Waals surface area contributed by atoms with Crippen LogP contribution in [-0.4, -0.2) is 40.2 Å². The molecule has 1 unspecified atom stereocenters. The molecule has 0 N–H and O–H groups in total. The fourth-order valence-corrected chi connectivity index (χ4v) is 3.78. The topological polar surface area (TPSA) is 57.7 Å². The molecule has 2 aromatic rings. The van der Waals surface area contributed by atoms with Crippen LogP contribution in [-0.2, 0) is 16.6 Å². The maximum atomic E-state index is 12.4. The van der Waals surface area contributed by atoms with E-state index in [1.54, 1.807) is 6.07 Å². The van der Waals surface area contributed by atoms with Gasteiger partial charge in [-0.25, -0.2) is 0 Å². The van der Waals surface area contributed by atoms with Gasteiger partial charge in [-0.05, 0) is 48.1 Å². The summed E-state index contributed by atoms with van der Waals surface area (Å²) in [5.74, 6) is 0.200. The Labute approximate surface area is 156 Å². The number of carbonyl (C=O) groups excluding carboxylic acids is 1. The third-order valence-corrected chi connectivity index (χ3v) is 6.38. The molecule has 2 rings (SSSR count). The number of carbonyl (C=O) groups is 1. The largest absolute Gasteiger partial charge is 0.303 e. The molecule has 0 aliphatic carbocycles. The molecule has 0 aliphatic heterocycles. The molecule has 0 saturated heterocycles. The van der Waals surface area contributed by atoms with Gasteiger partial charge in [0.05, 0.1) is 5.69 Å². The summed E-state index contributed by atoms with van der Waals surface area (Å²) >= 11 is 0. The lowest BCUT2D eigenvalue weighted by Crippen LogP contribution is -2.37. The smallest absolute Gasteiger partial charge is 0.298 e. The molecule has 0 radical (unpaired) electrons. The molecule has 0 aromatic heterocycles. The Bertz CT molecular complexity index is 849. The second kappa shape index (κ2) is 8.47. The van der Waals surface area contributed by atoms with Gasteiger partial charge in [0.1, 0.15) is 6.29 Å². The van der Waals surface area contributed by atoms with Crippen LogP contribution in [0.5, 0.6) is 0 Å². The highest BCUT2D eigenvalue weighted by Crippen LogP contribution is 2.29. The summed E-state index contributed by atoms with van der Waals surface area (Å²) in [7, 11) is 0.862. The number of aldehydes is 1. The van der Waals surface area contributed by atoms with Gasteiger partial charge in [-0.3, -0.25) is 9.10 Å². The number of anilines is 1. The predicted molar refractivity (Wildman–Crippen MR) is 106 cm³/mol. The van der Waals surface area contributed by atoms with E-state index in [0.29, 0.717) is 11.3 Å². The first-order valence-corrected chi connectivity index (χ1v) is 9.99. The van der Waals surface area contributed by atoms with Crippen molar-refractivity contribution >= 4 is 22.2 Å². The maximum Gasteiger partial charge on any atom is 0.303 e. The van der Waals surface area contributed by atoms with E-state index in [0.717, 1.165) is 29.0 Å². The summed E-state index contributed by atoms with van der Waals surface area (Å²) in [5.41, 5.74) is 3.15. The normalized spacial score (nSPS) is 12.8. The Kier molecular flexibility index (Phi) is 6.56. The van der Waals surface area contributed by atoms with Crippen molar-refractivity contribution in [2.45, 2.75) is 25.7 Å². The van der Waals surface area contributed by atoms with Crippen LogP contribution in [0.3, 0.4) is 0 Å². The van der Waals surface area contributed by atoms with Gasteiger partial charge in [-0.1, -0.05) is 37.3 Å². The third kappa shape index (κ3) is 4.51. The summed E-state index contributed by atoms with van der Waals surface area (Å²) in [5, 5.41) is 0. The Morgan fingerprint density at radius 2 is 1.69 bits per heavy atom. The van der Waals surface area contributed by atoms with Gasteiger partial charge in [-0.15, -0.1) is 0 Å². The second-order valence-electron chi connectivity index (χ2n) is 6.53. The molecule has 0 fully saturated rings. The van der Waals surface area contributed by atoms with E-state index in [-0.39, 0.29) is 5.92 Å². The maximum absolute atomic E-state index is 12.4. The van der Waals surface area contributed by atoms with Crippen LogP contribution in [0.1, 0.15) is 40.7 Å². The lowest BCUT2D eigenvalue weighted by molar-refractivity contribution is 0.112. The quantitative estimate of drug-likeness (QED) is 0.665. The lowest BCUT2D eigenvalue weighted by atomic mass is 9.89. The fraction of sp³-hybridized carbons (Fsp3) is 0.350. The Morgan fingerprint density at radius 3 is 2.23 bits per heavy atom. The monoisotopic (exact) mass is 374 g/mol. The Balaban J connectivity index is 2.43. The molecule has 0 bridgehead atoms. The van der Waals surface area contributed by atoms with Crippen molar-refractivity contribution in [1.82, 2.24) is 4.31 Å². The average Bonchev–Trinajstić information content (AvgIpc) is 2.65. The first kappa shape index (κ1) is 20.1. The van der Waals surface area contributed by atoms with Crippen LogP contribution in [0.25, 0.3) is 0 Å². The first-order valence-electron chi connectivity index (χ1n) is 8.60. The van der Waals surface area contributed by atoms with Crippen molar-refractivity contribution in [2.75, 3.05) is 25.4 Å². The van der Waals surface area contributed by atoms with Crippen molar-refractivity contribution in [1.29, 1.82) is 0 Å². The van der Waals surface area contributed by atoms with Crippen LogP contribution in [0, 0.1) is 0 Å². The van der Waals surface area contributed by atoms with Gasteiger partial charge in [0.15, 0.2) is 0 Å². The molecule has 1 atom stereocenters. The highest BCUT2D eigenvalue weighted by atomic mass is 32.2. The van der Waals surface area contributed by atoms with E-state index in [1.807, 2.05) is 30.3 Å². The molecule has 0 aliphatic rings. The van der Waals surface area contributed by atoms with E-state index < -0.39 is 10.2 Å². The number of rotatable bonds is 8. The Hall–Kier alpha value is -2.18. The minimum absolute atomic E-state index is 0.200. The standard InChI is InChI=1S/C20H26N2O3S/c1-5-18(11-16-9-7-6-8-10-16)19-12-17(15-23)13-20(14-19)22(4)26(24,25)21(2)3/h6-10,12-15,18H,5,11H2,1-4H3. The van der Waals surface area contributed by atoms with Crippen molar-refractivity contribution < 1.29 is 13.2 Å². The second-order valence-corrected chi connectivity index (χ2v) is 8.70. The summed E-state index contributed by atoms with van der Waals surface area (Å²) in [4.78, 5) is 11.4. The summed E-state index contributed by atoms with van der Waals surface area (Å²) in [6, 6.07) is 15.5. The first-order chi connectivity index (χ1) is 12.3. The molecule has 2 aromatic carbocycles. The fourth-order valence-electron chi connectivity index (χ4n) is 2.92. The van der Waals surface area contributed by atoms with E-state index in [1.165, 1.54) is 31.0 Å². The molecule has 140 valence electrons.